The third-order valence-electron chi connectivity index (χ3n) is 2.09. The Balaban J connectivity index is 0. The molecule has 5 heteroatoms. The Labute approximate surface area is 118 Å². The maximum absolute atomic E-state index is 10.9. The van der Waals surface area contributed by atoms with E-state index in [0.29, 0.717) is 12.8 Å². The van der Waals surface area contributed by atoms with Gasteiger partial charge in [0.15, 0.2) is 0 Å². The topological polar surface area (TPSA) is 57.5 Å². The third-order valence-corrected chi connectivity index (χ3v) is 3.66. The number of hydrogen-bond donors (Lipinski definition) is 2. The molecule has 1 unspecified atom stereocenters. The fourth-order valence-corrected chi connectivity index (χ4v) is 2.23. The van der Waals surface area contributed by atoms with Gasteiger partial charge in [-0.1, -0.05) is 33.1 Å². The molecular weight excluding hydrogens is 263 g/mol. The van der Waals surface area contributed by atoms with E-state index in [2.05, 4.69) is 6.92 Å². The molecule has 0 saturated carbocycles. The first-order valence-corrected chi connectivity index (χ1v) is 6.25. The van der Waals surface area contributed by atoms with Gasteiger partial charge in [-0.05, 0) is 12.8 Å². The normalized spacial score (nSPS) is 13.5. The molecule has 0 spiro atoms. The van der Waals surface area contributed by atoms with E-state index >= 15 is 0 Å². The van der Waals surface area contributed by atoms with E-state index in [1.165, 1.54) is 0 Å². The van der Waals surface area contributed by atoms with Crippen LogP contribution in [0.25, 0.3) is 0 Å². The molecule has 1 atom stereocenters. The molecule has 2 N–H and O–H groups in total. The minimum absolute atomic E-state index is 0. The standard InChI is InChI=1S/C8H19O3P.Sr.2H/c1-3-5-6-7-8(4-2)12(9,10)11;;;/h8H,3-7H2,1-2H3,(H2,9,10,11);;;. The van der Waals surface area contributed by atoms with Crippen molar-refractivity contribution in [2.45, 2.75) is 51.6 Å². The van der Waals surface area contributed by atoms with Gasteiger partial charge in [0.25, 0.3) is 0 Å². The molecule has 0 radical (unpaired) electrons. The SMILES string of the molecule is CCCCCC(CC)P(=O)(O)O.[SrH2]. The molecule has 0 aromatic heterocycles. The average molecular weight is 284 g/mol. The van der Waals surface area contributed by atoms with Crippen LogP contribution in [0.2, 0.25) is 0 Å². The Kier molecular flexibility index (Phi) is 11.7. The van der Waals surface area contributed by atoms with Gasteiger partial charge in [-0.25, -0.2) is 0 Å². The second kappa shape index (κ2) is 8.90. The summed E-state index contributed by atoms with van der Waals surface area (Å²) in [5, 5.41) is 0. The van der Waals surface area contributed by atoms with E-state index in [-0.39, 0.29) is 45.5 Å². The molecule has 0 aliphatic rings. The van der Waals surface area contributed by atoms with Gasteiger partial charge >= 0.3 is 53.1 Å². The van der Waals surface area contributed by atoms with Crippen LogP contribution in [0.4, 0.5) is 0 Å². The fraction of sp³-hybridized carbons (Fsp3) is 1.00. The molecule has 0 bridgehead atoms. The Hall–Kier alpha value is 1.63. The maximum atomic E-state index is 10.9. The van der Waals surface area contributed by atoms with Crippen LogP contribution in [0.15, 0.2) is 0 Å². The zero-order chi connectivity index (χ0) is 9.61. The van der Waals surface area contributed by atoms with E-state index < -0.39 is 13.3 Å². The first kappa shape index (κ1) is 17.0. The third kappa shape index (κ3) is 8.61. The van der Waals surface area contributed by atoms with Gasteiger partial charge in [0.2, 0.25) is 0 Å². The molecule has 0 aliphatic carbocycles. The monoisotopic (exact) mass is 284 g/mol. The summed E-state index contributed by atoms with van der Waals surface area (Å²) in [7, 11) is -3.82. The molecule has 78 valence electrons. The van der Waals surface area contributed by atoms with Crippen LogP contribution in [0, 0.1) is 0 Å². The zero-order valence-corrected chi connectivity index (χ0v) is 8.76. The van der Waals surface area contributed by atoms with Gasteiger partial charge in [0.05, 0.1) is 5.66 Å². The average Bonchev–Trinajstić information content (AvgIpc) is 1.95. The minimum atomic E-state index is -3.82. The van der Waals surface area contributed by atoms with Crippen LogP contribution >= 0.6 is 7.60 Å². The van der Waals surface area contributed by atoms with Crippen molar-refractivity contribution in [1.82, 2.24) is 0 Å². The molecule has 0 amide bonds. The summed E-state index contributed by atoms with van der Waals surface area (Å²) in [5.74, 6) is 0. The first-order chi connectivity index (χ1) is 5.52. The van der Waals surface area contributed by atoms with E-state index in [4.69, 9.17) is 9.79 Å². The van der Waals surface area contributed by atoms with Crippen LogP contribution < -0.4 is 0 Å². The van der Waals surface area contributed by atoms with Gasteiger partial charge < -0.3 is 9.79 Å². The fourth-order valence-electron chi connectivity index (χ4n) is 1.24. The number of unbranched alkanes of at least 4 members (excludes halogenated alkanes) is 2. The van der Waals surface area contributed by atoms with Crippen molar-refractivity contribution >= 4 is 53.1 Å². The van der Waals surface area contributed by atoms with Crippen LogP contribution in [0.1, 0.15) is 46.0 Å². The van der Waals surface area contributed by atoms with Crippen molar-refractivity contribution in [2.75, 3.05) is 0 Å². The van der Waals surface area contributed by atoms with E-state index in [0.717, 1.165) is 19.3 Å². The molecule has 0 aliphatic heterocycles. The van der Waals surface area contributed by atoms with Crippen molar-refractivity contribution in [3.8, 4) is 0 Å². The van der Waals surface area contributed by atoms with Gasteiger partial charge in [-0.15, -0.1) is 0 Å². The molecule has 13 heavy (non-hydrogen) atoms. The molecule has 0 aromatic carbocycles. The predicted molar refractivity (Wildman–Crippen MR) is 58.8 cm³/mol. The van der Waals surface area contributed by atoms with Crippen molar-refractivity contribution in [1.29, 1.82) is 0 Å². The predicted octanol–water partition coefficient (Wildman–Crippen LogP) is 1.61. The van der Waals surface area contributed by atoms with E-state index in [1.54, 1.807) is 0 Å². The van der Waals surface area contributed by atoms with Gasteiger partial charge in [0.1, 0.15) is 0 Å². The molecule has 3 nitrogen and oxygen atoms in total. The number of hydrogen-bond acceptors (Lipinski definition) is 1. The second-order valence-electron chi connectivity index (χ2n) is 3.15. The van der Waals surface area contributed by atoms with Crippen LogP contribution in [0.5, 0.6) is 0 Å². The van der Waals surface area contributed by atoms with Gasteiger partial charge in [-0.3, -0.25) is 4.57 Å². The molecule has 0 heterocycles. The summed E-state index contributed by atoms with van der Waals surface area (Å²) in [6, 6.07) is 0. The summed E-state index contributed by atoms with van der Waals surface area (Å²) in [6.07, 6.45) is 4.33. The van der Waals surface area contributed by atoms with E-state index in [9.17, 15) is 4.57 Å². The number of rotatable bonds is 6. The van der Waals surface area contributed by atoms with Crippen molar-refractivity contribution in [3.05, 3.63) is 0 Å². The van der Waals surface area contributed by atoms with Crippen molar-refractivity contribution in [3.63, 3.8) is 0 Å². The van der Waals surface area contributed by atoms with Crippen molar-refractivity contribution < 1.29 is 14.4 Å². The van der Waals surface area contributed by atoms with E-state index in [1.807, 2.05) is 6.92 Å². The Morgan fingerprint density at radius 2 is 1.77 bits per heavy atom. The molecular formula is C8H21O3PSr. The first-order valence-electron chi connectivity index (χ1n) is 4.57. The molecule has 0 saturated heterocycles. The summed E-state index contributed by atoms with van der Waals surface area (Å²) in [4.78, 5) is 17.8. The summed E-state index contributed by atoms with van der Waals surface area (Å²) < 4.78 is 10.9. The second-order valence-corrected chi connectivity index (χ2v) is 5.06. The molecule has 0 aromatic rings. The molecule has 0 rings (SSSR count). The Morgan fingerprint density at radius 3 is 2.08 bits per heavy atom. The van der Waals surface area contributed by atoms with Gasteiger partial charge in [0, 0.05) is 0 Å². The van der Waals surface area contributed by atoms with Crippen LogP contribution in [0.3, 0.4) is 0 Å². The summed E-state index contributed by atoms with van der Waals surface area (Å²) in [5.41, 5.74) is -0.413. The quantitative estimate of drug-likeness (QED) is 0.442. The Bertz CT molecular complexity index is 157. The van der Waals surface area contributed by atoms with Crippen LogP contribution in [-0.2, 0) is 4.57 Å². The zero-order valence-electron chi connectivity index (χ0n) is 7.86. The summed E-state index contributed by atoms with van der Waals surface area (Å²) in [6.45, 7) is 3.91. The van der Waals surface area contributed by atoms with Crippen LogP contribution in [-0.4, -0.2) is 60.9 Å². The van der Waals surface area contributed by atoms with Gasteiger partial charge in [-0.2, -0.15) is 0 Å². The van der Waals surface area contributed by atoms with Crippen molar-refractivity contribution in [2.24, 2.45) is 0 Å². The Morgan fingerprint density at radius 1 is 1.23 bits per heavy atom. The molecule has 0 fully saturated rings. The summed E-state index contributed by atoms with van der Waals surface area (Å²) >= 11 is 0.